The number of halogens is 3. The van der Waals surface area contributed by atoms with E-state index < -0.39 is 18.0 Å². The van der Waals surface area contributed by atoms with Gasteiger partial charge in [-0.15, -0.1) is 0 Å². The Labute approximate surface area is 192 Å². The number of fused-ring (bicyclic) bond motifs is 3. The van der Waals surface area contributed by atoms with Crippen LogP contribution in [0.4, 0.5) is 18.9 Å². The number of nitrogens with zero attached hydrogens (tertiary/aromatic N) is 3. The first-order chi connectivity index (χ1) is 15.7. The summed E-state index contributed by atoms with van der Waals surface area (Å²) in [5.41, 5.74) is 4.74. The van der Waals surface area contributed by atoms with E-state index in [9.17, 15) is 18.0 Å². The molecule has 5 rings (SSSR count). The van der Waals surface area contributed by atoms with Crippen LogP contribution in [0.15, 0.2) is 18.2 Å². The van der Waals surface area contributed by atoms with Crippen molar-refractivity contribution in [1.29, 1.82) is 0 Å². The lowest BCUT2D eigenvalue weighted by Gasteiger charge is -2.39. The molecule has 0 radical (unpaired) electrons. The average molecular weight is 461 g/mol. The Morgan fingerprint density at radius 1 is 1.18 bits per heavy atom. The van der Waals surface area contributed by atoms with Crippen molar-refractivity contribution in [3.63, 3.8) is 0 Å². The Bertz CT molecular complexity index is 1070. The lowest BCUT2D eigenvalue weighted by atomic mass is 9.73. The van der Waals surface area contributed by atoms with Crippen molar-refractivity contribution in [2.75, 3.05) is 18.0 Å². The van der Waals surface area contributed by atoms with Gasteiger partial charge in [0.05, 0.1) is 12.2 Å². The number of amides is 1. The molecule has 0 saturated carbocycles. The van der Waals surface area contributed by atoms with E-state index in [1.807, 2.05) is 21.6 Å². The van der Waals surface area contributed by atoms with Gasteiger partial charge in [0.2, 0.25) is 5.91 Å². The number of aryl methyl sites for hydroxylation is 1. The predicted octanol–water partition coefficient (Wildman–Crippen LogP) is 4.62. The predicted molar refractivity (Wildman–Crippen MR) is 120 cm³/mol. The SMILES string of the molecule is CC(C)c1cccc2c1C1(CNC1)C(=O)N2Cc1nc2c(n1CCCC(F)(F)F)CCCC2. The van der Waals surface area contributed by atoms with E-state index in [1.165, 1.54) is 5.56 Å². The van der Waals surface area contributed by atoms with Crippen molar-refractivity contribution in [2.24, 2.45) is 0 Å². The number of carbonyl (C=O) groups excluding carboxylic acids is 1. The van der Waals surface area contributed by atoms with Crippen molar-refractivity contribution in [2.45, 2.75) is 83.0 Å². The highest BCUT2D eigenvalue weighted by atomic mass is 19.4. The molecule has 1 aliphatic carbocycles. The number of hydrogen-bond acceptors (Lipinski definition) is 3. The maximum Gasteiger partial charge on any atom is 0.389 e. The number of nitrogens with one attached hydrogen (secondary N) is 1. The fourth-order valence-corrected chi connectivity index (χ4v) is 5.74. The highest BCUT2D eigenvalue weighted by molar-refractivity contribution is 6.09. The van der Waals surface area contributed by atoms with E-state index in [0.717, 1.165) is 48.3 Å². The third kappa shape index (κ3) is 3.76. The average Bonchev–Trinajstić information content (AvgIpc) is 3.20. The maximum absolute atomic E-state index is 13.7. The van der Waals surface area contributed by atoms with Crippen LogP contribution in [0.25, 0.3) is 0 Å². The fraction of sp³-hybridized carbons (Fsp3) is 0.600. The Balaban J connectivity index is 1.50. The minimum absolute atomic E-state index is 0.0230. The zero-order chi connectivity index (χ0) is 23.4. The van der Waals surface area contributed by atoms with Crippen molar-refractivity contribution in [3.8, 4) is 0 Å². The second-order valence-electron chi connectivity index (χ2n) is 9.97. The number of hydrogen-bond donors (Lipinski definition) is 1. The molecule has 1 spiro atoms. The van der Waals surface area contributed by atoms with E-state index in [4.69, 9.17) is 4.98 Å². The fourth-order valence-electron chi connectivity index (χ4n) is 5.74. The number of anilines is 1. The first kappa shape index (κ1) is 22.4. The first-order valence-corrected chi connectivity index (χ1v) is 12.0. The number of benzene rings is 1. The Hall–Kier alpha value is -2.35. The Morgan fingerprint density at radius 3 is 2.61 bits per heavy atom. The van der Waals surface area contributed by atoms with Gasteiger partial charge in [0.25, 0.3) is 0 Å². The molecule has 1 N–H and O–H groups in total. The third-order valence-corrected chi connectivity index (χ3v) is 7.43. The molecule has 5 nitrogen and oxygen atoms in total. The van der Waals surface area contributed by atoms with Gasteiger partial charge in [0, 0.05) is 37.4 Å². The Morgan fingerprint density at radius 2 is 1.94 bits per heavy atom. The topological polar surface area (TPSA) is 50.2 Å². The standard InChI is InChI=1S/C25H31F3N4O/c1-16(2)17-7-5-10-20-22(17)24(14-29-15-24)23(33)32(20)13-21-30-18-8-3-4-9-19(18)31(21)12-6-11-25(26,27)28/h5,7,10,16,29H,3-4,6,8-9,11-15H2,1-2H3. The van der Waals surface area contributed by atoms with Crippen LogP contribution >= 0.6 is 0 Å². The third-order valence-electron chi connectivity index (χ3n) is 7.43. The highest BCUT2D eigenvalue weighted by Gasteiger charge is 2.56. The molecule has 3 aliphatic rings. The van der Waals surface area contributed by atoms with Gasteiger partial charge >= 0.3 is 6.18 Å². The minimum atomic E-state index is -4.17. The molecule has 0 atom stereocenters. The molecule has 1 fully saturated rings. The number of aromatic nitrogens is 2. The maximum atomic E-state index is 13.7. The van der Waals surface area contributed by atoms with E-state index in [-0.39, 0.29) is 18.9 Å². The van der Waals surface area contributed by atoms with E-state index in [2.05, 4.69) is 25.2 Å². The lowest BCUT2D eigenvalue weighted by Crippen LogP contribution is -2.62. The molecular formula is C25H31F3N4O. The van der Waals surface area contributed by atoms with Crippen LogP contribution in [0, 0.1) is 0 Å². The second kappa shape index (κ2) is 8.15. The van der Waals surface area contributed by atoms with Gasteiger partial charge in [0.15, 0.2) is 0 Å². The van der Waals surface area contributed by atoms with Gasteiger partial charge in [-0.05, 0) is 55.2 Å². The largest absolute Gasteiger partial charge is 0.389 e. The van der Waals surface area contributed by atoms with Crippen molar-refractivity contribution >= 4 is 11.6 Å². The summed E-state index contributed by atoms with van der Waals surface area (Å²) in [6.07, 6.45) is -1.19. The van der Waals surface area contributed by atoms with Crippen LogP contribution in [0.3, 0.4) is 0 Å². The summed E-state index contributed by atoms with van der Waals surface area (Å²) in [5, 5.41) is 3.28. The molecule has 178 valence electrons. The number of imidazole rings is 1. The summed E-state index contributed by atoms with van der Waals surface area (Å²) >= 11 is 0. The van der Waals surface area contributed by atoms with Gasteiger partial charge in [-0.1, -0.05) is 26.0 Å². The van der Waals surface area contributed by atoms with Crippen molar-refractivity contribution in [3.05, 3.63) is 46.5 Å². The van der Waals surface area contributed by atoms with Gasteiger partial charge < -0.3 is 14.8 Å². The van der Waals surface area contributed by atoms with Gasteiger partial charge in [-0.3, -0.25) is 4.79 Å². The monoisotopic (exact) mass is 460 g/mol. The normalized spacial score (nSPS) is 19.2. The molecular weight excluding hydrogens is 429 g/mol. The zero-order valence-electron chi connectivity index (χ0n) is 19.3. The Kier molecular flexibility index (Phi) is 5.54. The van der Waals surface area contributed by atoms with Gasteiger partial charge in [-0.2, -0.15) is 13.2 Å². The summed E-state index contributed by atoms with van der Waals surface area (Å²) in [5.74, 6) is 1.08. The highest BCUT2D eigenvalue weighted by Crippen LogP contribution is 2.48. The summed E-state index contributed by atoms with van der Waals surface area (Å²) in [7, 11) is 0. The van der Waals surface area contributed by atoms with Gasteiger partial charge in [-0.25, -0.2) is 4.98 Å². The van der Waals surface area contributed by atoms with E-state index in [0.29, 0.717) is 31.4 Å². The molecule has 2 aliphatic heterocycles. The van der Waals surface area contributed by atoms with Crippen LogP contribution in [0.1, 0.15) is 73.8 Å². The van der Waals surface area contributed by atoms with E-state index in [1.54, 1.807) is 0 Å². The molecule has 33 heavy (non-hydrogen) atoms. The van der Waals surface area contributed by atoms with Crippen LogP contribution in [0.2, 0.25) is 0 Å². The molecule has 1 saturated heterocycles. The first-order valence-electron chi connectivity index (χ1n) is 12.0. The molecule has 8 heteroatoms. The van der Waals surface area contributed by atoms with Gasteiger partial charge in [0.1, 0.15) is 11.2 Å². The van der Waals surface area contributed by atoms with Crippen molar-refractivity contribution in [1.82, 2.24) is 14.9 Å². The smallest absolute Gasteiger partial charge is 0.330 e. The van der Waals surface area contributed by atoms with Crippen LogP contribution in [-0.4, -0.2) is 34.7 Å². The quantitative estimate of drug-likeness (QED) is 0.685. The van der Waals surface area contributed by atoms with Crippen molar-refractivity contribution < 1.29 is 18.0 Å². The molecule has 1 aromatic carbocycles. The van der Waals surface area contributed by atoms with Crippen LogP contribution in [0.5, 0.6) is 0 Å². The van der Waals surface area contributed by atoms with E-state index >= 15 is 0 Å². The molecule has 1 amide bonds. The molecule has 0 bridgehead atoms. The summed E-state index contributed by atoms with van der Waals surface area (Å²) < 4.78 is 40.4. The molecule has 1 aromatic heterocycles. The van der Waals surface area contributed by atoms with Crippen LogP contribution in [-0.2, 0) is 36.1 Å². The second-order valence-corrected chi connectivity index (χ2v) is 9.97. The minimum Gasteiger partial charge on any atom is -0.330 e. The number of alkyl halides is 3. The molecule has 3 heterocycles. The summed E-state index contributed by atoms with van der Waals surface area (Å²) in [4.78, 5) is 20.4. The lowest BCUT2D eigenvalue weighted by molar-refractivity contribution is -0.136. The van der Waals surface area contributed by atoms with Crippen LogP contribution < -0.4 is 10.2 Å². The number of carbonyl (C=O) groups is 1. The zero-order valence-corrected chi connectivity index (χ0v) is 19.3. The number of rotatable bonds is 6. The summed E-state index contributed by atoms with van der Waals surface area (Å²) in [6.45, 7) is 6.11. The molecule has 0 unspecified atom stereocenters. The molecule has 2 aromatic rings. The summed E-state index contributed by atoms with van der Waals surface area (Å²) in [6, 6.07) is 6.11.